The summed E-state index contributed by atoms with van der Waals surface area (Å²) >= 11 is 0. The molecule has 0 aromatic heterocycles. The minimum Gasteiger partial charge on any atom is -0.264 e. The van der Waals surface area contributed by atoms with E-state index in [4.69, 9.17) is 0 Å². The van der Waals surface area contributed by atoms with Gasteiger partial charge in [0.15, 0.2) is 0 Å². The Kier molecular flexibility index (Phi) is 3.37. The Bertz CT molecular complexity index is 291. The second-order valence-corrected chi connectivity index (χ2v) is 2.80. The summed E-state index contributed by atoms with van der Waals surface area (Å²) in [5.41, 5.74) is 0.609. The van der Waals surface area contributed by atoms with E-state index in [0.29, 0.717) is 18.5 Å². The highest BCUT2D eigenvalue weighted by atomic mass is 19.1. The number of halogens is 1. The lowest BCUT2D eigenvalue weighted by atomic mass is 10.1. The molecule has 0 spiro atoms. The molecule has 4 heteroatoms. The average molecular weight is 182 g/mol. The third-order valence-corrected chi connectivity index (χ3v) is 1.80. The second-order valence-electron chi connectivity index (χ2n) is 2.80. The van der Waals surface area contributed by atoms with Crippen molar-refractivity contribution in [1.82, 2.24) is 5.01 Å². The first-order valence-corrected chi connectivity index (χ1v) is 4.02. The van der Waals surface area contributed by atoms with E-state index < -0.39 is 0 Å². The minimum atomic E-state index is -0.234. The van der Waals surface area contributed by atoms with Crippen molar-refractivity contribution in [2.75, 3.05) is 13.6 Å². The standard InChI is InChI=1S/C9H11FN2O/c1-12(11-13)7-6-8-4-2-3-5-9(8)10/h2-5H,6-7H2,1H3. The number of hydrogen-bond donors (Lipinski definition) is 0. The summed E-state index contributed by atoms with van der Waals surface area (Å²) < 4.78 is 13.0. The van der Waals surface area contributed by atoms with Crippen molar-refractivity contribution < 1.29 is 4.39 Å². The molecule has 1 aromatic rings. The van der Waals surface area contributed by atoms with Crippen LogP contribution in [0.2, 0.25) is 0 Å². The summed E-state index contributed by atoms with van der Waals surface area (Å²) in [4.78, 5) is 9.99. The Hall–Kier alpha value is -1.45. The van der Waals surface area contributed by atoms with E-state index in [1.165, 1.54) is 11.1 Å². The quantitative estimate of drug-likeness (QED) is 0.527. The van der Waals surface area contributed by atoms with Crippen LogP contribution >= 0.6 is 0 Å². The lowest BCUT2D eigenvalue weighted by Gasteiger charge is -2.08. The van der Waals surface area contributed by atoms with Crippen molar-refractivity contribution in [2.24, 2.45) is 5.29 Å². The topological polar surface area (TPSA) is 32.7 Å². The number of hydrogen-bond acceptors (Lipinski definition) is 2. The predicted molar refractivity (Wildman–Crippen MR) is 48.5 cm³/mol. The van der Waals surface area contributed by atoms with E-state index in [1.54, 1.807) is 25.2 Å². The van der Waals surface area contributed by atoms with Gasteiger partial charge in [0.1, 0.15) is 5.82 Å². The highest BCUT2D eigenvalue weighted by Gasteiger charge is 2.01. The van der Waals surface area contributed by atoms with Gasteiger partial charge >= 0.3 is 0 Å². The second kappa shape index (κ2) is 4.54. The van der Waals surface area contributed by atoms with Crippen molar-refractivity contribution in [3.05, 3.63) is 40.6 Å². The smallest absolute Gasteiger partial charge is 0.126 e. The molecule has 0 N–H and O–H groups in total. The lowest BCUT2D eigenvalue weighted by molar-refractivity contribution is 0.352. The van der Waals surface area contributed by atoms with E-state index in [0.717, 1.165) is 0 Å². The molecule has 0 saturated carbocycles. The molecule has 0 unspecified atom stereocenters. The van der Waals surface area contributed by atoms with Crippen LogP contribution in [-0.2, 0) is 6.42 Å². The van der Waals surface area contributed by atoms with E-state index >= 15 is 0 Å². The molecule has 0 atom stereocenters. The fraction of sp³-hybridized carbons (Fsp3) is 0.333. The molecular weight excluding hydrogens is 171 g/mol. The predicted octanol–water partition coefficient (Wildman–Crippen LogP) is 1.98. The van der Waals surface area contributed by atoms with E-state index in [-0.39, 0.29) is 5.82 Å². The highest BCUT2D eigenvalue weighted by molar-refractivity contribution is 5.17. The van der Waals surface area contributed by atoms with Crippen LogP contribution in [-0.4, -0.2) is 18.6 Å². The third kappa shape index (κ3) is 2.82. The van der Waals surface area contributed by atoms with Gasteiger partial charge in [0.25, 0.3) is 0 Å². The van der Waals surface area contributed by atoms with Crippen molar-refractivity contribution in [3.63, 3.8) is 0 Å². The fourth-order valence-corrected chi connectivity index (χ4v) is 1.02. The zero-order chi connectivity index (χ0) is 9.68. The molecule has 0 aliphatic carbocycles. The molecule has 0 heterocycles. The van der Waals surface area contributed by atoms with Gasteiger partial charge in [-0.25, -0.2) is 4.39 Å². The zero-order valence-corrected chi connectivity index (χ0v) is 7.40. The Labute approximate surface area is 76.1 Å². The summed E-state index contributed by atoms with van der Waals surface area (Å²) in [6.07, 6.45) is 0.495. The van der Waals surface area contributed by atoms with Gasteiger partial charge in [-0.1, -0.05) is 18.2 Å². The molecule has 0 saturated heterocycles. The summed E-state index contributed by atoms with van der Waals surface area (Å²) in [5.74, 6) is -0.234. The number of nitrogens with zero attached hydrogens (tertiary/aromatic N) is 2. The van der Waals surface area contributed by atoms with Crippen molar-refractivity contribution >= 4 is 0 Å². The van der Waals surface area contributed by atoms with Gasteiger partial charge in [0.2, 0.25) is 0 Å². The zero-order valence-electron chi connectivity index (χ0n) is 7.40. The molecule has 0 bridgehead atoms. The number of likely N-dealkylation sites (N-methyl/N-ethyl adjacent to an activating group) is 1. The first kappa shape index (κ1) is 9.64. The maximum atomic E-state index is 13.0. The van der Waals surface area contributed by atoms with Crippen LogP contribution in [0, 0.1) is 10.7 Å². The van der Waals surface area contributed by atoms with Gasteiger partial charge in [-0.3, -0.25) is 5.01 Å². The van der Waals surface area contributed by atoms with Crippen LogP contribution in [0.4, 0.5) is 4.39 Å². The average Bonchev–Trinajstić information content (AvgIpc) is 2.16. The van der Waals surface area contributed by atoms with Crippen LogP contribution in [0.1, 0.15) is 5.56 Å². The first-order valence-electron chi connectivity index (χ1n) is 4.02. The van der Waals surface area contributed by atoms with Crippen LogP contribution in [0.25, 0.3) is 0 Å². The SMILES string of the molecule is CN(CCc1ccccc1F)N=O. The maximum Gasteiger partial charge on any atom is 0.126 e. The van der Waals surface area contributed by atoms with E-state index in [2.05, 4.69) is 5.29 Å². The minimum absolute atomic E-state index is 0.234. The van der Waals surface area contributed by atoms with Gasteiger partial charge in [-0.2, -0.15) is 0 Å². The molecule has 0 fully saturated rings. The summed E-state index contributed by atoms with van der Waals surface area (Å²) in [6.45, 7) is 0.435. The Morgan fingerprint density at radius 2 is 2.15 bits per heavy atom. The summed E-state index contributed by atoms with van der Waals surface area (Å²) in [6, 6.07) is 6.52. The number of rotatable bonds is 4. The lowest BCUT2D eigenvalue weighted by Crippen LogP contribution is -2.14. The monoisotopic (exact) mass is 182 g/mol. The van der Waals surface area contributed by atoms with Crippen molar-refractivity contribution in [1.29, 1.82) is 0 Å². The molecule has 0 radical (unpaired) electrons. The molecule has 3 nitrogen and oxygen atoms in total. The number of nitroso groups, excluding NO2 is 1. The molecular formula is C9H11FN2O. The molecule has 0 amide bonds. The van der Waals surface area contributed by atoms with Crippen LogP contribution in [0.3, 0.4) is 0 Å². The van der Waals surface area contributed by atoms with Gasteiger partial charge in [0.05, 0.1) is 5.29 Å². The Morgan fingerprint density at radius 3 is 2.77 bits per heavy atom. The fourth-order valence-electron chi connectivity index (χ4n) is 1.02. The summed E-state index contributed by atoms with van der Waals surface area (Å²) in [5, 5.41) is 3.94. The van der Waals surface area contributed by atoms with Crippen molar-refractivity contribution in [3.8, 4) is 0 Å². The highest BCUT2D eigenvalue weighted by Crippen LogP contribution is 2.07. The normalized spacial score (nSPS) is 9.69. The largest absolute Gasteiger partial charge is 0.264 e. The Balaban J connectivity index is 2.54. The molecule has 70 valence electrons. The van der Waals surface area contributed by atoms with E-state index in [9.17, 15) is 9.30 Å². The molecule has 0 aliphatic rings. The van der Waals surface area contributed by atoms with Gasteiger partial charge in [0, 0.05) is 13.6 Å². The molecule has 13 heavy (non-hydrogen) atoms. The summed E-state index contributed by atoms with van der Waals surface area (Å²) in [7, 11) is 1.56. The molecule has 0 aliphatic heterocycles. The van der Waals surface area contributed by atoms with Crippen LogP contribution in [0.15, 0.2) is 29.6 Å². The third-order valence-electron chi connectivity index (χ3n) is 1.80. The van der Waals surface area contributed by atoms with Crippen LogP contribution in [0.5, 0.6) is 0 Å². The van der Waals surface area contributed by atoms with Gasteiger partial charge in [-0.15, -0.1) is 4.91 Å². The number of benzene rings is 1. The Morgan fingerprint density at radius 1 is 1.46 bits per heavy atom. The van der Waals surface area contributed by atoms with Crippen molar-refractivity contribution in [2.45, 2.75) is 6.42 Å². The first-order chi connectivity index (χ1) is 6.24. The maximum absolute atomic E-state index is 13.0. The van der Waals surface area contributed by atoms with Gasteiger partial charge < -0.3 is 0 Å². The van der Waals surface area contributed by atoms with E-state index in [1.807, 2.05) is 0 Å². The van der Waals surface area contributed by atoms with Crippen LogP contribution < -0.4 is 0 Å². The molecule has 1 aromatic carbocycles. The van der Waals surface area contributed by atoms with Gasteiger partial charge in [-0.05, 0) is 18.1 Å². The molecule has 1 rings (SSSR count).